The number of carbonyl (C=O) groups excluding carboxylic acids is 1. The molecule has 1 saturated heterocycles. The number of aromatic nitrogens is 1. The standard InChI is InChI=1S/C30H30Cl2N2O6/c31-20-3-8-23(9-4-20)40-29(36)34-12-11-24-25-13-21(32)5-10-26(25)33-27(24)28(34)19-1-6-22(7-2-19)39-17-30(14-35)15-37-18-38-16-30/h1,3-10,13,19,28,33,35H,2,11-12,14-18H2/t19?,28-/m0/s1. The minimum atomic E-state index is -0.587. The fourth-order valence-corrected chi connectivity index (χ4v) is 5.93. The van der Waals surface area contributed by atoms with Crippen molar-refractivity contribution in [2.45, 2.75) is 18.9 Å². The van der Waals surface area contributed by atoms with Crippen molar-refractivity contribution in [3.05, 3.63) is 87.8 Å². The van der Waals surface area contributed by atoms with Gasteiger partial charge in [-0.1, -0.05) is 29.3 Å². The van der Waals surface area contributed by atoms with Crippen molar-refractivity contribution in [1.82, 2.24) is 9.88 Å². The molecule has 0 radical (unpaired) electrons. The van der Waals surface area contributed by atoms with Gasteiger partial charge in [0.25, 0.3) is 0 Å². The van der Waals surface area contributed by atoms with E-state index in [1.54, 1.807) is 29.2 Å². The highest BCUT2D eigenvalue weighted by atomic mass is 35.5. The van der Waals surface area contributed by atoms with Crippen LogP contribution in [-0.4, -0.2) is 60.8 Å². The van der Waals surface area contributed by atoms with Crippen molar-refractivity contribution in [2.24, 2.45) is 11.3 Å². The third-order valence-electron chi connectivity index (χ3n) is 7.76. The number of amides is 1. The van der Waals surface area contributed by atoms with Gasteiger partial charge in [-0.25, -0.2) is 4.79 Å². The summed E-state index contributed by atoms with van der Waals surface area (Å²) in [6.07, 6.45) is 6.94. The molecular weight excluding hydrogens is 555 g/mol. The number of aliphatic hydroxyl groups is 1. The lowest BCUT2D eigenvalue weighted by Gasteiger charge is -2.39. The molecule has 2 aromatic carbocycles. The molecule has 10 heteroatoms. The van der Waals surface area contributed by atoms with Crippen molar-refractivity contribution in [1.29, 1.82) is 0 Å². The number of benzene rings is 2. The number of halogens is 2. The number of ether oxygens (including phenoxy) is 4. The monoisotopic (exact) mass is 584 g/mol. The van der Waals surface area contributed by atoms with E-state index in [1.165, 1.54) is 5.56 Å². The molecule has 1 fully saturated rings. The van der Waals surface area contributed by atoms with Gasteiger partial charge in [0.05, 0.1) is 31.3 Å². The van der Waals surface area contributed by atoms with E-state index in [0.717, 1.165) is 16.6 Å². The number of allylic oxidation sites excluding steroid dienone is 2. The zero-order valence-electron chi connectivity index (χ0n) is 21.8. The summed E-state index contributed by atoms with van der Waals surface area (Å²) < 4.78 is 22.6. The Morgan fingerprint density at radius 1 is 1.12 bits per heavy atom. The number of hydrogen-bond acceptors (Lipinski definition) is 6. The summed E-state index contributed by atoms with van der Waals surface area (Å²) >= 11 is 12.3. The van der Waals surface area contributed by atoms with Crippen LogP contribution in [-0.2, 0) is 20.6 Å². The highest BCUT2D eigenvalue weighted by Gasteiger charge is 2.39. The van der Waals surface area contributed by atoms with Crippen LogP contribution in [0.25, 0.3) is 10.9 Å². The minimum Gasteiger partial charge on any atom is -0.493 e. The van der Waals surface area contributed by atoms with E-state index in [1.807, 2.05) is 30.4 Å². The Bertz CT molecular complexity index is 1440. The van der Waals surface area contributed by atoms with E-state index in [0.29, 0.717) is 54.2 Å². The van der Waals surface area contributed by atoms with Gasteiger partial charge in [0.1, 0.15) is 24.9 Å². The Hall–Kier alpha value is -3.01. The van der Waals surface area contributed by atoms with Gasteiger partial charge in [-0.3, -0.25) is 4.90 Å². The van der Waals surface area contributed by atoms with E-state index in [-0.39, 0.29) is 32.0 Å². The number of nitrogens with one attached hydrogen (secondary N) is 1. The highest BCUT2D eigenvalue weighted by Crippen LogP contribution is 2.42. The van der Waals surface area contributed by atoms with Gasteiger partial charge in [0.15, 0.2) is 0 Å². The molecule has 0 saturated carbocycles. The molecule has 0 bridgehead atoms. The minimum absolute atomic E-state index is 0.0270. The maximum Gasteiger partial charge on any atom is 0.415 e. The number of carbonyl (C=O) groups is 1. The largest absolute Gasteiger partial charge is 0.493 e. The summed E-state index contributed by atoms with van der Waals surface area (Å²) in [6.45, 7) is 1.67. The van der Waals surface area contributed by atoms with Crippen LogP contribution in [0.2, 0.25) is 10.0 Å². The van der Waals surface area contributed by atoms with E-state index in [9.17, 15) is 9.90 Å². The SMILES string of the molecule is O=C(Oc1ccc(Cl)cc1)N1CCc2c([nH]c3ccc(Cl)cc23)[C@@H]1C1C=CC(OCC2(CO)COCOC2)=CC1. The van der Waals surface area contributed by atoms with Crippen molar-refractivity contribution in [3.63, 3.8) is 0 Å². The first-order chi connectivity index (χ1) is 19.4. The Morgan fingerprint density at radius 3 is 2.62 bits per heavy atom. The molecule has 1 amide bonds. The summed E-state index contributed by atoms with van der Waals surface area (Å²) in [4.78, 5) is 18.9. The average molecular weight is 585 g/mol. The summed E-state index contributed by atoms with van der Waals surface area (Å²) in [7, 11) is 0. The van der Waals surface area contributed by atoms with Crippen LogP contribution >= 0.6 is 23.2 Å². The average Bonchev–Trinajstić information content (AvgIpc) is 3.35. The number of hydrogen-bond donors (Lipinski definition) is 2. The van der Waals surface area contributed by atoms with Crippen molar-refractivity contribution < 1.29 is 28.8 Å². The van der Waals surface area contributed by atoms with Gasteiger partial charge in [0.2, 0.25) is 0 Å². The lowest BCUT2D eigenvalue weighted by Crippen LogP contribution is -2.44. The van der Waals surface area contributed by atoms with Gasteiger partial charge < -0.3 is 29.0 Å². The van der Waals surface area contributed by atoms with Crippen LogP contribution in [0, 0.1) is 11.3 Å². The van der Waals surface area contributed by atoms with E-state index >= 15 is 0 Å². The summed E-state index contributed by atoms with van der Waals surface area (Å²) in [5.41, 5.74) is 2.55. The first kappa shape index (κ1) is 27.2. The van der Waals surface area contributed by atoms with Crippen molar-refractivity contribution >= 4 is 40.2 Å². The topological polar surface area (TPSA) is 93.3 Å². The number of aliphatic hydroxyl groups excluding tert-OH is 1. The van der Waals surface area contributed by atoms with Crippen LogP contribution in [0.3, 0.4) is 0 Å². The van der Waals surface area contributed by atoms with Gasteiger partial charge in [-0.2, -0.15) is 0 Å². The number of H-pyrrole nitrogens is 1. The van der Waals surface area contributed by atoms with Crippen LogP contribution in [0.1, 0.15) is 23.7 Å². The highest BCUT2D eigenvalue weighted by molar-refractivity contribution is 6.31. The Morgan fingerprint density at radius 2 is 1.90 bits per heavy atom. The second-order valence-electron chi connectivity index (χ2n) is 10.5. The maximum atomic E-state index is 13.5. The molecule has 1 aliphatic carbocycles. The molecule has 2 N–H and O–H groups in total. The van der Waals surface area contributed by atoms with Crippen LogP contribution < -0.4 is 4.74 Å². The molecule has 3 heterocycles. The van der Waals surface area contributed by atoms with Crippen molar-refractivity contribution in [3.8, 4) is 5.75 Å². The number of rotatable bonds is 6. The lowest BCUT2D eigenvalue weighted by molar-refractivity contribution is -0.188. The molecule has 1 aromatic heterocycles. The summed E-state index contributed by atoms with van der Waals surface area (Å²) in [6, 6.07) is 12.3. The van der Waals surface area contributed by atoms with E-state index in [2.05, 4.69) is 11.1 Å². The summed E-state index contributed by atoms with van der Waals surface area (Å²) in [5, 5.41) is 12.2. The van der Waals surface area contributed by atoms with Gasteiger partial charge in [0, 0.05) is 39.1 Å². The second kappa shape index (κ2) is 11.5. The molecule has 3 aliphatic rings. The molecule has 6 rings (SSSR count). The third-order valence-corrected chi connectivity index (χ3v) is 8.24. The fraction of sp³-hybridized carbons (Fsp3) is 0.367. The number of fused-ring (bicyclic) bond motifs is 3. The Balaban J connectivity index is 1.25. The number of nitrogens with zero attached hydrogens (tertiary/aromatic N) is 1. The third kappa shape index (κ3) is 5.47. The molecule has 8 nitrogen and oxygen atoms in total. The molecule has 3 aromatic rings. The Kier molecular flexibility index (Phi) is 7.79. The molecular formula is C30H30Cl2N2O6. The van der Waals surface area contributed by atoms with Crippen LogP contribution in [0.5, 0.6) is 5.75 Å². The molecule has 1 unspecified atom stereocenters. The van der Waals surface area contributed by atoms with E-state index in [4.69, 9.17) is 42.1 Å². The quantitative estimate of drug-likeness (QED) is 0.367. The second-order valence-corrected chi connectivity index (χ2v) is 11.4. The first-order valence-electron chi connectivity index (χ1n) is 13.3. The van der Waals surface area contributed by atoms with Gasteiger partial charge in [-0.05, 0) is 73.0 Å². The molecule has 2 aliphatic heterocycles. The predicted octanol–water partition coefficient (Wildman–Crippen LogP) is 6.03. The van der Waals surface area contributed by atoms with Crippen molar-refractivity contribution in [2.75, 3.05) is 39.8 Å². The van der Waals surface area contributed by atoms with Crippen LogP contribution in [0.15, 0.2) is 66.5 Å². The first-order valence-corrected chi connectivity index (χ1v) is 14.0. The molecule has 0 spiro atoms. The van der Waals surface area contributed by atoms with Gasteiger partial charge in [-0.15, -0.1) is 0 Å². The fourth-order valence-electron chi connectivity index (χ4n) is 5.63. The van der Waals surface area contributed by atoms with Crippen LogP contribution in [0.4, 0.5) is 4.79 Å². The molecule has 40 heavy (non-hydrogen) atoms. The Labute approximate surface area is 242 Å². The smallest absolute Gasteiger partial charge is 0.415 e. The zero-order chi connectivity index (χ0) is 27.7. The number of aromatic amines is 1. The molecule has 210 valence electrons. The predicted molar refractivity (Wildman–Crippen MR) is 152 cm³/mol. The normalized spacial score (nSPS) is 22.1. The van der Waals surface area contributed by atoms with Gasteiger partial charge >= 0.3 is 6.09 Å². The summed E-state index contributed by atoms with van der Waals surface area (Å²) in [5.74, 6) is 1.12. The molecule has 2 atom stereocenters. The lowest BCUT2D eigenvalue weighted by atomic mass is 9.84. The zero-order valence-corrected chi connectivity index (χ0v) is 23.3. The van der Waals surface area contributed by atoms with E-state index < -0.39 is 11.5 Å². The maximum absolute atomic E-state index is 13.5.